The number of hydrogen-bond donors (Lipinski definition) is 3. The van der Waals surface area contributed by atoms with Crippen molar-refractivity contribution in [1.29, 1.82) is 0 Å². The molecule has 2 aromatic carbocycles. The first kappa shape index (κ1) is 25.5. The molecule has 0 saturated carbocycles. The summed E-state index contributed by atoms with van der Waals surface area (Å²) in [5, 5.41) is 8.16. The van der Waals surface area contributed by atoms with Crippen LogP contribution in [0.3, 0.4) is 0 Å². The average molecular weight is 562 g/mol. The minimum Gasteiger partial charge on any atom is -0.379 e. The highest BCUT2D eigenvalue weighted by atomic mass is 127. The van der Waals surface area contributed by atoms with E-state index in [0.717, 1.165) is 58.3 Å². The smallest absolute Gasteiger partial charge is 0.191 e. The zero-order valence-corrected chi connectivity index (χ0v) is 22.0. The van der Waals surface area contributed by atoms with Crippen LogP contribution in [0.5, 0.6) is 0 Å². The molecule has 6 nitrogen and oxygen atoms in total. The fourth-order valence-electron chi connectivity index (χ4n) is 4.18. The van der Waals surface area contributed by atoms with Crippen molar-refractivity contribution in [3.63, 3.8) is 0 Å². The Morgan fingerprint density at radius 1 is 1.09 bits per heavy atom. The van der Waals surface area contributed by atoms with Crippen molar-refractivity contribution in [2.75, 3.05) is 39.4 Å². The Morgan fingerprint density at radius 2 is 1.91 bits per heavy atom. The van der Waals surface area contributed by atoms with E-state index in [0.29, 0.717) is 6.54 Å². The summed E-state index contributed by atoms with van der Waals surface area (Å²) in [5.41, 5.74) is 6.39. The van der Waals surface area contributed by atoms with Crippen LogP contribution in [0.4, 0.5) is 0 Å². The van der Waals surface area contributed by atoms with Gasteiger partial charge >= 0.3 is 0 Å². The largest absolute Gasteiger partial charge is 0.379 e. The number of guanidine groups is 1. The lowest BCUT2D eigenvalue weighted by Gasteiger charge is -2.26. The monoisotopic (exact) mass is 561 g/mol. The number of aliphatic imine (C=N–C) groups is 1. The summed E-state index contributed by atoms with van der Waals surface area (Å²) in [6.45, 7) is 11.2. The van der Waals surface area contributed by atoms with E-state index < -0.39 is 0 Å². The fraction of sp³-hybridized carbons (Fsp3) is 0.423. The topological polar surface area (TPSA) is 64.7 Å². The Balaban J connectivity index is 0.00000306. The van der Waals surface area contributed by atoms with Crippen LogP contribution in [0, 0.1) is 6.92 Å². The van der Waals surface area contributed by atoms with E-state index in [2.05, 4.69) is 83.0 Å². The molecule has 4 rings (SSSR count). The molecule has 0 unspecified atom stereocenters. The number of hydrogen-bond acceptors (Lipinski definition) is 3. The molecular formula is C26H36IN5O. The Morgan fingerprint density at radius 3 is 2.73 bits per heavy atom. The molecule has 3 N–H and O–H groups in total. The number of fused-ring (bicyclic) bond motifs is 1. The van der Waals surface area contributed by atoms with Crippen LogP contribution in [-0.4, -0.2) is 55.2 Å². The van der Waals surface area contributed by atoms with Gasteiger partial charge in [0.2, 0.25) is 0 Å². The van der Waals surface area contributed by atoms with Crippen molar-refractivity contribution in [2.45, 2.75) is 33.4 Å². The van der Waals surface area contributed by atoms with E-state index in [1.165, 1.54) is 33.2 Å². The highest BCUT2D eigenvalue weighted by Crippen LogP contribution is 2.19. The number of rotatable bonds is 8. The summed E-state index contributed by atoms with van der Waals surface area (Å²) in [5.74, 6) is 0.863. The van der Waals surface area contributed by atoms with Crippen LogP contribution in [-0.2, 0) is 24.2 Å². The lowest BCUT2D eigenvalue weighted by molar-refractivity contribution is 0.0342. The quantitative estimate of drug-likeness (QED) is 0.219. The molecule has 0 aliphatic carbocycles. The summed E-state index contributed by atoms with van der Waals surface area (Å²) in [7, 11) is 0. The van der Waals surface area contributed by atoms with E-state index >= 15 is 0 Å². The lowest BCUT2D eigenvalue weighted by Crippen LogP contribution is -2.38. The van der Waals surface area contributed by atoms with E-state index in [-0.39, 0.29) is 24.0 Å². The maximum absolute atomic E-state index is 5.46. The van der Waals surface area contributed by atoms with Gasteiger partial charge in [-0.2, -0.15) is 0 Å². The van der Waals surface area contributed by atoms with E-state index in [1.807, 2.05) is 0 Å². The van der Waals surface area contributed by atoms with Gasteiger partial charge in [-0.1, -0.05) is 36.4 Å². The average Bonchev–Trinajstić information content (AvgIpc) is 3.20. The number of ether oxygens (including phenoxy) is 1. The standard InChI is InChI=1S/C26H35N5O.HI/c1-3-27-26(28-10-9-23-18-29-25-15-20(2)7-8-24(23)25)30-17-21-5-4-6-22(16-21)19-31-11-13-32-14-12-31;/h4-8,15-16,18,29H,3,9-14,17,19H2,1-2H3,(H2,27,28,30);1H. The molecule has 2 heterocycles. The second-order valence-corrected chi connectivity index (χ2v) is 8.44. The highest BCUT2D eigenvalue weighted by Gasteiger charge is 2.11. The number of aromatic nitrogens is 1. The molecule has 1 saturated heterocycles. The minimum atomic E-state index is 0. The Hall–Kier alpha value is -2.10. The van der Waals surface area contributed by atoms with Crippen molar-refractivity contribution in [1.82, 2.24) is 20.5 Å². The lowest BCUT2D eigenvalue weighted by atomic mass is 10.1. The molecule has 1 aromatic heterocycles. The fourth-order valence-corrected chi connectivity index (χ4v) is 4.18. The number of aryl methyl sites for hydroxylation is 1. The summed E-state index contributed by atoms with van der Waals surface area (Å²) < 4.78 is 5.46. The molecule has 0 spiro atoms. The van der Waals surface area contributed by atoms with Crippen molar-refractivity contribution in [3.05, 3.63) is 70.9 Å². The molecule has 0 radical (unpaired) electrons. The number of H-pyrrole nitrogens is 1. The van der Waals surface area contributed by atoms with Crippen molar-refractivity contribution in [3.8, 4) is 0 Å². The summed E-state index contributed by atoms with van der Waals surface area (Å²) in [6.07, 6.45) is 3.07. The number of halogens is 1. The van der Waals surface area contributed by atoms with Crippen LogP contribution in [0.15, 0.2) is 53.7 Å². The molecule has 1 aliphatic rings. The summed E-state index contributed by atoms with van der Waals surface area (Å²) in [6, 6.07) is 15.4. The van der Waals surface area contributed by atoms with Gasteiger partial charge in [0.25, 0.3) is 0 Å². The number of nitrogens with one attached hydrogen (secondary N) is 3. The molecule has 1 aliphatic heterocycles. The molecule has 1 fully saturated rings. The molecule has 178 valence electrons. The van der Waals surface area contributed by atoms with Crippen LogP contribution < -0.4 is 10.6 Å². The van der Waals surface area contributed by atoms with E-state index in [1.54, 1.807) is 0 Å². The number of aromatic amines is 1. The summed E-state index contributed by atoms with van der Waals surface area (Å²) in [4.78, 5) is 10.7. The Labute approximate surface area is 214 Å². The van der Waals surface area contributed by atoms with Gasteiger partial charge < -0.3 is 20.4 Å². The van der Waals surface area contributed by atoms with Gasteiger partial charge in [0.15, 0.2) is 5.96 Å². The van der Waals surface area contributed by atoms with Crippen LogP contribution in [0.25, 0.3) is 10.9 Å². The molecule has 0 bridgehead atoms. The van der Waals surface area contributed by atoms with Crippen LogP contribution in [0.2, 0.25) is 0 Å². The predicted molar refractivity (Wildman–Crippen MR) is 148 cm³/mol. The SMILES string of the molecule is CCNC(=NCc1cccc(CN2CCOCC2)c1)NCCc1c[nH]c2cc(C)ccc12.I. The molecule has 33 heavy (non-hydrogen) atoms. The van der Waals surface area contributed by atoms with Crippen molar-refractivity contribution >= 4 is 40.8 Å². The maximum atomic E-state index is 5.46. The zero-order valence-electron chi connectivity index (χ0n) is 19.7. The van der Waals surface area contributed by atoms with Gasteiger partial charge in [0, 0.05) is 49.8 Å². The van der Waals surface area contributed by atoms with Crippen molar-refractivity contribution in [2.24, 2.45) is 4.99 Å². The van der Waals surface area contributed by atoms with Gasteiger partial charge in [0.1, 0.15) is 0 Å². The number of benzene rings is 2. The normalized spacial score (nSPS) is 14.8. The zero-order chi connectivity index (χ0) is 22.2. The minimum absolute atomic E-state index is 0. The van der Waals surface area contributed by atoms with Gasteiger partial charge in [-0.15, -0.1) is 24.0 Å². The third kappa shape index (κ3) is 7.45. The summed E-state index contributed by atoms with van der Waals surface area (Å²) >= 11 is 0. The van der Waals surface area contributed by atoms with Gasteiger partial charge in [-0.3, -0.25) is 4.90 Å². The van der Waals surface area contributed by atoms with E-state index in [4.69, 9.17) is 9.73 Å². The molecule has 3 aromatic rings. The first-order chi connectivity index (χ1) is 15.7. The van der Waals surface area contributed by atoms with Crippen LogP contribution >= 0.6 is 24.0 Å². The Kier molecular flexibility index (Phi) is 10.0. The maximum Gasteiger partial charge on any atom is 0.191 e. The molecule has 0 amide bonds. The van der Waals surface area contributed by atoms with E-state index in [9.17, 15) is 0 Å². The molecule has 7 heteroatoms. The second-order valence-electron chi connectivity index (χ2n) is 8.44. The third-order valence-electron chi connectivity index (χ3n) is 5.87. The van der Waals surface area contributed by atoms with Gasteiger partial charge in [0.05, 0.1) is 19.8 Å². The van der Waals surface area contributed by atoms with Crippen molar-refractivity contribution < 1.29 is 4.74 Å². The Bertz CT molecular complexity index is 1040. The third-order valence-corrected chi connectivity index (χ3v) is 5.87. The van der Waals surface area contributed by atoms with Gasteiger partial charge in [-0.05, 0) is 48.6 Å². The van der Waals surface area contributed by atoms with Crippen LogP contribution in [0.1, 0.15) is 29.2 Å². The first-order valence-electron chi connectivity index (χ1n) is 11.7. The number of morpholine rings is 1. The molecule has 0 atom stereocenters. The predicted octanol–water partition coefficient (Wildman–Crippen LogP) is 4.22. The first-order valence-corrected chi connectivity index (χ1v) is 11.7. The number of nitrogens with zero attached hydrogens (tertiary/aromatic N) is 2. The van der Waals surface area contributed by atoms with Gasteiger partial charge in [-0.25, -0.2) is 4.99 Å². The second kappa shape index (κ2) is 13.0. The molecular weight excluding hydrogens is 525 g/mol. The highest BCUT2D eigenvalue weighted by molar-refractivity contribution is 14.0.